The zero-order valence-corrected chi connectivity index (χ0v) is 19.5. The standard InChI is InChI=1S/C23H27ClN4O2S/c1-15(2)31(29,30)18-9-4-7-17(13-18)8-6-12-26-22-14-21(27-23(25)28-22)19-10-5-11-20(24)16(19)3/h4-5,7,9-11,13-15H,6,8,12H2,1-3H3,(H3,25,26,27,28). The minimum atomic E-state index is -3.27. The summed E-state index contributed by atoms with van der Waals surface area (Å²) in [5, 5.41) is 3.51. The summed E-state index contributed by atoms with van der Waals surface area (Å²) in [7, 11) is -3.27. The smallest absolute Gasteiger partial charge is 0.222 e. The van der Waals surface area contributed by atoms with Gasteiger partial charge in [0.05, 0.1) is 15.8 Å². The van der Waals surface area contributed by atoms with Crippen LogP contribution < -0.4 is 11.1 Å². The van der Waals surface area contributed by atoms with Crippen LogP contribution in [-0.2, 0) is 16.3 Å². The molecule has 0 fully saturated rings. The van der Waals surface area contributed by atoms with Crippen LogP contribution in [0.25, 0.3) is 11.3 Å². The Kier molecular flexibility index (Phi) is 7.18. The summed E-state index contributed by atoms with van der Waals surface area (Å²) in [4.78, 5) is 8.98. The summed E-state index contributed by atoms with van der Waals surface area (Å²) >= 11 is 6.23. The van der Waals surface area contributed by atoms with Crippen molar-refractivity contribution in [3.8, 4) is 11.3 Å². The van der Waals surface area contributed by atoms with E-state index in [1.165, 1.54) is 0 Å². The normalized spacial score (nSPS) is 11.6. The highest BCUT2D eigenvalue weighted by atomic mass is 35.5. The zero-order chi connectivity index (χ0) is 22.6. The summed E-state index contributed by atoms with van der Waals surface area (Å²) < 4.78 is 24.8. The number of aryl methyl sites for hydroxylation is 1. The molecule has 0 saturated heterocycles. The molecule has 0 spiro atoms. The Balaban J connectivity index is 1.66. The molecule has 8 heteroatoms. The van der Waals surface area contributed by atoms with Gasteiger partial charge in [-0.25, -0.2) is 13.4 Å². The number of aromatic nitrogens is 2. The fraction of sp³-hybridized carbons (Fsp3) is 0.304. The Hall–Kier alpha value is -2.64. The first-order chi connectivity index (χ1) is 14.7. The number of nitrogens with two attached hydrogens (primary N) is 1. The molecule has 3 rings (SSSR count). The van der Waals surface area contributed by atoms with Crippen LogP contribution in [-0.4, -0.2) is 30.2 Å². The summed E-state index contributed by atoms with van der Waals surface area (Å²) in [6.45, 7) is 5.99. The Morgan fingerprint density at radius 2 is 1.84 bits per heavy atom. The van der Waals surface area contributed by atoms with E-state index in [9.17, 15) is 8.42 Å². The van der Waals surface area contributed by atoms with Gasteiger partial charge < -0.3 is 11.1 Å². The minimum absolute atomic E-state index is 0.186. The second-order valence-corrected chi connectivity index (χ2v) is 10.6. The molecule has 0 saturated carbocycles. The highest BCUT2D eigenvalue weighted by molar-refractivity contribution is 7.92. The van der Waals surface area contributed by atoms with Crippen LogP contribution >= 0.6 is 11.6 Å². The number of rotatable bonds is 8. The summed E-state index contributed by atoms with van der Waals surface area (Å²) in [5.41, 5.74) is 9.45. The van der Waals surface area contributed by atoms with Gasteiger partial charge >= 0.3 is 0 Å². The van der Waals surface area contributed by atoms with Crippen LogP contribution in [0.3, 0.4) is 0 Å². The Morgan fingerprint density at radius 3 is 2.58 bits per heavy atom. The third-order valence-electron chi connectivity index (χ3n) is 5.08. The minimum Gasteiger partial charge on any atom is -0.370 e. The SMILES string of the molecule is Cc1c(Cl)cccc1-c1cc(NCCCc2cccc(S(=O)(=O)C(C)C)c2)nc(N)n1. The maximum Gasteiger partial charge on any atom is 0.222 e. The lowest BCUT2D eigenvalue weighted by Gasteiger charge is -2.11. The van der Waals surface area contributed by atoms with E-state index in [0.717, 1.165) is 29.5 Å². The van der Waals surface area contributed by atoms with Gasteiger partial charge in [0.15, 0.2) is 9.84 Å². The molecule has 164 valence electrons. The molecule has 6 nitrogen and oxygen atoms in total. The molecule has 0 aliphatic heterocycles. The number of nitrogens with zero attached hydrogens (tertiary/aromatic N) is 2. The average Bonchev–Trinajstić information content (AvgIpc) is 2.73. The van der Waals surface area contributed by atoms with Gasteiger partial charge in [-0.05, 0) is 62.9 Å². The van der Waals surface area contributed by atoms with E-state index in [-0.39, 0.29) is 5.95 Å². The molecule has 1 aromatic heterocycles. The number of halogens is 1. The van der Waals surface area contributed by atoms with E-state index in [0.29, 0.717) is 28.0 Å². The van der Waals surface area contributed by atoms with Gasteiger partial charge in [-0.2, -0.15) is 4.98 Å². The van der Waals surface area contributed by atoms with Crippen molar-refractivity contribution in [2.75, 3.05) is 17.6 Å². The van der Waals surface area contributed by atoms with Gasteiger partial charge in [-0.1, -0.05) is 35.9 Å². The molecule has 0 radical (unpaired) electrons. The van der Waals surface area contributed by atoms with Crippen LogP contribution in [0.4, 0.5) is 11.8 Å². The van der Waals surface area contributed by atoms with Crippen LogP contribution in [0.1, 0.15) is 31.4 Å². The lowest BCUT2D eigenvalue weighted by molar-refractivity contribution is 0.587. The summed E-state index contributed by atoms with van der Waals surface area (Å²) in [6, 6.07) is 14.7. The number of nitrogen functional groups attached to an aromatic ring is 1. The number of hydrogen-bond donors (Lipinski definition) is 2. The summed E-state index contributed by atoms with van der Waals surface area (Å²) in [5.74, 6) is 0.823. The van der Waals surface area contributed by atoms with Gasteiger partial charge in [0, 0.05) is 23.2 Å². The number of sulfone groups is 1. The second-order valence-electron chi connectivity index (χ2n) is 7.68. The van der Waals surface area contributed by atoms with Crippen molar-refractivity contribution in [1.29, 1.82) is 0 Å². The average molecular weight is 459 g/mol. The molecular weight excluding hydrogens is 432 g/mol. The topological polar surface area (TPSA) is 98.0 Å². The van der Waals surface area contributed by atoms with E-state index in [1.807, 2.05) is 37.3 Å². The number of nitrogens with one attached hydrogen (secondary N) is 1. The highest BCUT2D eigenvalue weighted by Gasteiger charge is 2.19. The van der Waals surface area contributed by atoms with Crippen LogP contribution in [0.2, 0.25) is 5.02 Å². The molecule has 1 heterocycles. The molecule has 0 amide bonds. The van der Waals surface area contributed by atoms with Crippen LogP contribution in [0, 0.1) is 6.92 Å². The predicted octanol–water partition coefficient (Wildman–Crippen LogP) is 4.91. The Morgan fingerprint density at radius 1 is 1.10 bits per heavy atom. The van der Waals surface area contributed by atoms with Gasteiger partial charge in [0.1, 0.15) is 5.82 Å². The molecule has 3 aromatic rings. The van der Waals surface area contributed by atoms with Crippen LogP contribution in [0.5, 0.6) is 0 Å². The van der Waals surface area contributed by atoms with Crippen molar-refractivity contribution in [2.24, 2.45) is 0 Å². The van der Waals surface area contributed by atoms with E-state index in [1.54, 1.807) is 32.0 Å². The Bertz CT molecular complexity index is 1180. The van der Waals surface area contributed by atoms with Gasteiger partial charge in [-0.3, -0.25) is 0 Å². The second kappa shape index (κ2) is 9.66. The third kappa shape index (κ3) is 5.54. The molecule has 3 N–H and O–H groups in total. The molecule has 0 unspecified atom stereocenters. The number of hydrogen-bond acceptors (Lipinski definition) is 6. The third-order valence-corrected chi connectivity index (χ3v) is 7.64. The van der Waals surface area contributed by atoms with Crippen molar-refractivity contribution in [1.82, 2.24) is 9.97 Å². The molecular formula is C23H27ClN4O2S. The fourth-order valence-electron chi connectivity index (χ4n) is 3.24. The van der Waals surface area contributed by atoms with Crippen LogP contribution in [0.15, 0.2) is 53.4 Å². The van der Waals surface area contributed by atoms with Crippen molar-refractivity contribution >= 4 is 33.2 Å². The molecule has 0 aliphatic carbocycles. The number of anilines is 2. The largest absolute Gasteiger partial charge is 0.370 e. The van der Waals surface area contributed by atoms with E-state index in [2.05, 4.69) is 15.3 Å². The van der Waals surface area contributed by atoms with Crippen molar-refractivity contribution in [3.63, 3.8) is 0 Å². The van der Waals surface area contributed by atoms with Crippen molar-refractivity contribution < 1.29 is 8.42 Å². The molecule has 31 heavy (non-hydrogen) atoms. The molecule has 0 aliphatic rings. The monoisotopic (exact) mass is 458 g/mol. The van der Waals surface area contributed by atoms with E-state index >= 15 is 0 Å². The molecule has 0 bridgehead atoms. The van der Waals surface area contributed by atoms with E-state index < -0.39 is 15.1 Å². The van der Waals surface area contributed by atoms with Gasteiger partial charge in [0.2, 0.25) is 5.95 Å². The zero-order valence-electron chi connectivity index (χ0n) is 17.9. The quantitative estimate of drug-likeness (QED) is 0.465. The first kappa shape index (κ1) is 23.0. The number of benzene rings is 2. The maximum atomic E-state index is 12.4. The highest BCUT2D eigenvalue weighted by Crippen LogP contribution is 2.28. The Labute approximate surface area is 188 Å². The lowest BCUT2D eigenvalue weighted by atomic mass is 10.1. The maximum absolute atomic E-state index is 12.4. The van der Waals surface area contributed by atoms with Gasteiger partial charge in [-0.15, -0.1) is 0 Å². The van der Waals surface area contributed by atoms with Gasteiger partial charge in [0.25, 0.3) is 0 Å². The molecule has 0 atom stereocenters. The van der Waals surface area contributed by atoms with Crippen molar-refractivity contribution in [2.45, 2.75) is 43.8 Å². The first-order valence-corrected chi connectivity index (χ1v) is 12.1. The lowest BCUT2D eigenvalue weighted by Crippen LogP contribution is -2.14. The van der Waals surface area contributed by atoms with E-state index in [4.69, 9.17) is 17.3 Å². The first-order valence-electron chi connectivity index (χ1n) is 10.1. The summed E-state index contributed by atoms with van der Waals surface area (Å²) in [6.07, 6.45) is 1.55. The fourth-order valence-corrected chi connectivity index (χ4v) is 4.54. The van der Waals surface area contributed by atoms with Crippen molar-refractivity contribution in [3.05, 3.63) is 64.7 Å². The predicted molar refractivity (Wildman–Crippen MR) is 127 cm³/mol. The molecule has 2 aromatic carbocycles.